The summed E-state index contributed by atoms with van der Waals surface area (Å²) in [6.07, 6.45) is 10.0. The van der Waals surface area contributed by atoms with Crippen molar-refractivity contribution in [1.82, 2.24) is 0 Å². The molecule has 42 heavy (non-hydrogen) atoms. The third-order valence-corrected chi connectivity index (χ3v) is 8.51. The van der Waals surface area contributed by atoms with Crippen molar-refractivity contribution in [3.05, 3.63) is 126 Å². The minimum Gasteiger partial charge on any atom is -0.168 e. The molecule has 0 heterocycles. The third-order valence-electron chi connectivity index (χ3n) is 8.51. The maximum absolute atomic E-state index is 4.93. The number of hydrogen-bond acceptors (Lipinski definition) is 0. The largest absolute Gasteiger partial charge is 3.00 e. The van der Waals surface area contributed by atoms with Crippen LogP contribution < -0.4 is 24.8 Å². The summed E-state index contributed by atoms with van der Waals surface area (Å²) in [7, 11) is 9.87. The third kappa shape index (κ3) is 11.2. The molecule has 2 aromatic rings. The summed E-state index contributed by atoms with van der Waals surface area (Å²) in [5.41, 5.74) is 12.5. The van der Waals surface area contributed by atoms with E-state index in [9.17, 15) is 0 Å². The summed E-state index contributed by atoms with van der Waals surface area (Å²) in [5, 5.41) is 2.66. The molecule has 0 nitrogen and oxygen atoms in total. The molecule has 0 saturated carbocycles. The van der Waals surface area contributed by atoms with Gasteiger partial charge in [-0.3, -0.25) is 6.08 Å². The van der Waals surface area contributed by atoms with Crippen molar-refractivity contribution < 1.29 is 71.9 Å². The van der Waals surface area contributed by atoms with Crippen LogP contribution in [0, 0.1) is 31.8 Å². The quantitative estimate of drug-likeness (QED) is 0.289. The summed E-state index contributed by atoms with van der Waals surface area (Å²) in [6.45, 7) is 23.3. The molecule has 0 fully saturated rings. The molecule has 3 aliphatic carbocycles. The molecule has 5 rings (SSSR count). The van der Waals surface area contributed by atoms with Crippen LogP contribution in [0.3, 0.4) is 0 Å². The van der Waals surface area contributed by atoms with Crippen LogP contribution in [-0.4, -0.2) is 0 Å². The van der Waals surface area contributed by atoms with Crippen LogP contribution in [0.2, 0.25) is 0 Å². The van der Waals surface area contributed by atoms with Crippen molar-refractivity contribution in [2.75, 3.05) is 0 Å². The van der Waals surface area contributed by atoms with Gasteiger partial charge in [0.2, 0.25) is 0 Å². The Balaban J connectivity index is -0.000000274. The summed E-state index contributed by atoms with van der Waals surface area (Å²) < 4.78 is 0. The monoisotopic (exact) mass is 800 g/mol. The Morgan fingerprint density at radius 1 is 0.738 bits per heavy atom. The van der Waals surface area contributed by atoms with E-state index in [1.54, 1.807) is 11.1 Å². The van der Waals surface area contributed by atoms with Crippen molar-refractivity contribution in [3.63, 3.8) is 0 Å². The van der Waals surface area contributed by atoms with Crippen LogP contribution >= 0.6 is 17.0 Å². The molecule has 6 heteroatoms. The minimum absolute atomic E-state index is 0. The van der Waals surface area contributed by atoms with Crippen molar-refractivity contribution in [2.45, 2.75) is 75.7 Å². The molecule has 2 aromatic carbocycles. The van der Waals surface area contributed by atoms with Crippen LogP contribution in [-0.2, 0) is 47.1 Å². The summed E-state index contributed by atoms with van der Waals surface area (Å²) in [6, 6.07) is 14.7. The molecule has 0 atom stereocenters. The zero-order valence-electron chi connectivity index (χ0n) is 27.5. The molecule has 3 aliphatic rings. The Labute approximate surface area is 309 Å². The first-order valence-corrected chi connectivity index (χ1v) is 19.2. The Bertz CT molecular complexity index is 1200. The van der Waals surface area contributed by atoms with Gasteiger partial charge in [0.1, 0.15) is 0 Å². The molecule has 0 spiro atoms. The fraction of sp³-hybridized carbons (Fsp3) is 0.361. The van der Waals surface area contributed by atoms with Crippen molar-refractivity contribution in [2.24, 2.45) is 10.8 Å². The first-order valence-electron chi connectivity index (χ1n) is 12.9. The van der Waals surface area contributed by atoms with Crippen LogP contribution in [0.15, 0.2) is 105 Å². The topological polar surface area (TPSA) is 0 Å². The van der Waals surface area contributed by atoms with Crippen molar-refractivity contribution >= 4 is 27.8 Å². The Morgan fingerprint density at radius 2 is 1.17 bits per heavy atom. The van der Waals surface area contributed by atoms with E-state index in [-0.39, 0.29) is 76.7 Å². The normalized spacial score (nSPS) is 16.8. The zero-order chi connectivity index (χ0) is 28.0. The number of hydrogen-bond donors (Lipinski definition) is 0. The Morgan fingerprint density at radius 3 is 1.45 bits per heavy atom. The fourth-order valence-electron chi connectivity index (χ4n) is 5.60. The predicted molar refractivity (Wildman–Crippen MR) is 175 cm³/mol. The van der Waals surface area contributed by atoms with E-state index in [2.05, 4.69) is 124 Å². The molecule has 0 aromatic heterocycles. The van der Waals surface area contributed by atoms with Gasteiger partial charge in [0.25, 0.3) is 0 Å². The summed E-state index contributed by atoms with van der Waals surface area (Å²) in [4.78, 5) is 0. The minimum atomic E-state index is -0.826. The van der Waals surface area contributed by atoms with Gasteiger partial charge in [0, 0.05) is 10.8 Å². The van der Waals surface area contributed by atoms with Gasteiger partial charge in [-0.15, -0.1) is 36.1 Å². The first-order chi connectivity index (χ1) is 17.3. The van der Waals surface area contributed by atoms with E-state index in [0.717, 1.165) is 6.42 Å². The van der Waals surface area contributed by atoms with Crippen LogP contribution in [0.25, 0.3) is 10.8 Å². The van der Waals surface area contributed by atoms with Crippen LogP contribution in [0.1, 0.15) is 75.7 Å². The average Bonchev–Trinajstić information content (AvgIpc) is 3.64. The van der Waals surface area contributed by atoms with Gasteiger partial charge in [0.15, 0.2) is 0 Å². The van der Waals surface area contributed by atoms with Gasteiger partial charge in [-0.05, 0) is 75.0 Å². The van der Waals surface area contributed by atoms with Crippen molar-refractivity contribution in [1.29, 1.82) is 0 Å². The molecule has 1 radical (unpaired) electrons. The van der Waals surface area contributed by atoms with Gasteiger partial charge in [-0.2, -0.15) is 23.6 Å². The Kier molecular flexibility index (Phi) is 25.5. The van der Waals surface area contributed by atoms with Gasteiger partial charge < -0.3 is 39.7 Å². The number of fused-ring (bicyclic) bond motifs is 1. The average molecular weight is 805 g/mol. The zero-order valence-corrected chi connectivity index (χ0v) is 35.4. The number of rotatable bonds is 1. The first kappa shape index (κ1) is 49.1. The van der Waals surface area contributed by atoms with Gasteiger partial charge >= 0.3 is 64.1 Å². The van der Waals surface area contributed by atoms with E-state index in [1.165, 1.54) is 44.2 Å². The Hall–Kier alpha value is 0.196. The van der Waals surface area contributed by atoms with Crippen molar-refractivity contribution in [3.8, 4) is 0 Å². The van der Waals surface area contributed by atoms with E-state index < -0.39 is 20.8 Å². The van der Waals surface area contributed by atoms with Crippen LogP contribution in [0.5, 0.6) is 0 Å². The smallest absolute Gasteiger partial charge is 0.168 e. The van der Waals surface area contributed by atoms with E-state index >= 15 is 0 Å². The van der Waals surface area contributed by atoms with Gasteiger partial charge in [-0.1, -0.05) is 44.9 Å². The molecular formula is C36H48Cl4Zr2-3. The maximum Gasteiger partial charge on any atom is 3.00 e. The van der Waals surface area contributed by atoms with E-state index in [0.29, 0.717) is 0 Å². The number of benzene rings is 1. The molecule has 0 N–H and O–H groups in total. The van der Waals surface area contributed by atoms with Crippen LogP contribution in [0.4, 0.5) is 0 Å². The van der Waals surface area contributed by atoms with E-state index in [4.69, 9.17) is 17.0 Å². The summed E-state index contributed by atoms with van der Waals surface area (Å²) in [5.74, 6) is 0. The molecule has 0 amide bonds. The second-order valence-corrected chi connectivity index (χ2v) is 14.7. The molecule has 0 bridgehead atoms. The molecule has 0 unspecified atom stereocenters. The second kappa shape index (κ2) is 21.8. The van der Waals surface area contributed by atoms with Gasteiger partial charge in [-0.25, -0.2) is 12.2 Å². The summed E-state index contributed by atoms with van der Waals surface area (Å²) >= 11 is -0.826. The van der Waals surface area contributed by atoms with Gasteiger partial charge in [0.05, 0.1) is 0 Å². The molecular weight excluding hydrogens is 757 g/mol. The second-order valence-electron chi connectivity index (χ2n) is 11.0. The SMILES string of the molecule is CC1=C(C)C(C)(C)C(C2=C(C)C(C)=C(C)C2(C)C)=C1C.[C-]1=CC=CC1.[CH3-].[CH3-].[Cl-].[Cl-].[Cl][Zr][Cl].[Zr+3].c1ccc2[cH-]ccc2c1. The molecule has 0 aliphatic heterocycles. The number of halogens is 4. The predicted octanol–water partition coefficient (Wildman–Crippen LogP) is 6.52. The maximum atomic E-state index is 4.93. The molecule has 0 saturated heterocycles. The molecule has 231 valence electrons. The number of allylic oxidation sites excluding steroid dienone is 12. The fourth-order valence-corrected chi connectivity index (χ4v) is 5.60. The van der Waals surface area contributed by atoms with E-state index in [1.807, 2.05) is 12.2 Å². The standard InChI is InChI=1S/C20H30.C9H7.C5H5.2CH3.4ClH.2Zr/c1-11-13(3)17(19(7,8)15(11)5)18-14(4)12(2)16(6)20(18,9)10;1-2-5-9-7-3-6-8(9)4-1;1-2-4-5-3-1;;;;;;;;/h1-10H3;1-7H;1-3H,4H2;2*1H3;4*1H;;/q;4*-1;;;;;+2;+3/p-4.